The molecule has 0 aliphatic carbocycles. The number of nitrogens with zero attached hydrogens (tertiary/aromatic N) is 1. The van der Waals surface area contributed by atoms with Gasteiger partial charge in [-0.25, -0.2) is 0 Å². The van der Waals surface area contributed by atoms with Crippen molar-refractivity contribution in [1.82, 2.24) is 0 Å². The van der Waals surface area contributed by atoms with Crippen molar-refractivity contribution < 1.29 is 46.5 Å². The molecular weight excluding hydrogens is 418 g/mol. The van der Waals surface area contributed by atoms with E-state index in [1.165, 1.54) is 16.7 Å². The third kappa shape index (κ3) is 4.41. The van der Waals surface area contributed by atoms with E-state index in [4.69, 9.17) is 11.6 Å². The van der Waals surface area contributed by atoms with Crippen molar-refractivity contribution in [1.29, 1.82) is 0 Å². The zero-order valence-corrected chi connectivity index (χ0v) is 13.5. The van der Waals surface area contributed by atoms with E-state index in [-0.39, 0.29) is 35.5 Å². The second kappa shape index (κ2) is 7.22. The molecule has 2 nitrogen and oxygen atoms in total. The standard InChI is InChI=1S/C14H10ClF3NO.HI/c15-11-6-4-5-10(14(16,17)18)13(11)12(20)9-19-7-2-1-3-8-19;/h1-8H,9H2;1H/q+1;/p-1. The summed E-state index contributed by atoms with van der Waals surface area (Å²) >= 11 is 5.77. The molecule has 0 fully saturated rings. The van der Waals surface area contributed by atoms with Crippen LogP contribution in [0.15, 0.2) is 48.8 Å². The summed E-state index contributed by atoms with van der Waals surface area (Å²) in [5.41, 5.74) is -1.50. The maximum Gasteiger partial charge on any atom is 0.417 e. The van der Waals surface area contributed by atoms with E-state index in [1.807, 2.05) is 0 Å². The van der Waals surface area contributed by atoms with Crippen LogP contribution in [0.1, 0.15) is 15.9 Å². The number of Topliss-reactive ketones (excluding diaryl/α,β-unsaturated/α-hetero) is 1. The van der Waals surface area contributed by atoms with Crippen molar-refractivity contribution in [3.05, 3.63) is 64.9 Å². The predicted molar refractivity (Wildman–Crippen MR) is 67.4 cm³/mol. The van der Waals surface area contributed by atoms with Crippen molar-refractivity contribution in [2.75, 3.05) is 0 Å². The van der Waals surface area contributed by atoms with Gasteiger partial charge in [0.05, 0.1) is 16.1 Å². The number of ketones is 1. The highest BCUT2D eigenvalue weighted by atomic mass is 127. The van der Waals surface area contributed by atoms with Crippen LogP contribution < -0.4 is 28.5 Å². The lowest BCUT2D eigenvalue weighted by Crippen LogP contribution is -3.00. The Morgan fingerprint density at radius 1 is 1.10 bits per heavy atom. The minimum Gasteiger partial charge on any atom is -1.00 e. The number of carbonyl (C=O) groups is 1. The van der Waals surface area contributed by atoms with Gasteiger partial charge in [-0.1, -0.05) is 23.7 Å². The van der Waals surface area contributed by atoms with Crippen molar-refractivity contribution in [3.63, 3.8) is 0 Å². The summed E-state index contributed by atoms with van der Waals surface area (Å²) in [6.45, 7) is -0.201. The van der Waals surface area contributed by atoms with Crippen LogP contribution in [0.4, 0.5) is 13.2 Å². The van der Waals surface area contributed by atoms with E-state index in [0.717, 1.165) is 6.07 Å². The van der Waals surface area contributed by atoms with Crippen LogP contribution in [0, 0.1) is 0 Å². The molecule has 0 aliphatic heterocycles. The Morgan fingerprint density at radius 2 is 1.71 bits per heavy atom. The molecule has 0 atom stereocenters. The molecule has 0 bridgehead atoms. The summed E-state index contributed by atoms with van der Waals surface area (Å²) in [4.78, 5) is 12.1. The molecule has 0 N–H and O–H groups in total. The van der Waals surface area contributed by atoms with Crippen LogP contribution >= 0.6 is 11.6 Å². The van der Waals surface area contributed by atoms with E-state index < -0.39 is 23.1 Å². The highest BCUT2D eigenvalue weighted by molar-refractivity contribution is 6.34. The minimum atomic E-state index is -4.61. The Labute approximate surface area is 141 Å². The van der Waals surface area contributed by atoms with Crippen LogP contribution in [0.3, 0.4) is 0 Å². The molecule has 0 saturated carbocycles. The number of alkyl halides is 3. The number of halogens is 5. The van der Waals surface area contributed by atoms with Crippen LogP contribution in [-0.2, 0) is 12.7 Å². The van der Waals surface area contributed by atoms with Crippen LogP contribution in [0.5, 0.6) is 0 Å². The normalized spacial score (nSPS) is 10.9. The van der Waals surface area contributed by atoms with Gasteiger partial charge in [0.2, 0.25) is 12.3 Å². The van der Waals surface area contributed by atoms with E-state index in [0.29, 0.717) is 0 Å². The maximum absolute atomic E-state index is 12.9. The van der Waals surface area contributed by atoms with Crippen molar-refractivity contribution in [2.45, 2.75) is 12.7 Å². The molecule has 21 heavy (non-hydrogen) atoms. The number of rotatable bonds is 3. The SMILES string of the molecule is O=C(C[n+]1ccccc1)c1c(Cl)cccc1C(F)(F)F.[I-]. The summed E-state index contributed by atoms with van der Waals surface area (Å²) in [6.07, 6.45) is -1.42. The van der Waals surface area contributed by atoms with Gasteiger partial charge in [-0.2, -0.15) is 17.7 Å². The van der Waals surface area contributed by atoms with Crippen LogP contribution in [0.25, 0.3) is 0 Å². The molecule has 2 rings (SSSR count). The maximum atomic E-state index is 12.9. The zero-order chi connectivity index (χ0) is 14.8. The zero-order valence-electron chi connectivity index (χ0n) is 10.6. The van der Waals surface area contributed by atoms with Crippen molar-refractivity contribution >= 4 is 17.4 Å². The largest absolute Gasteiger partial charge is 1.00 e. The predicted octanol–water partition coefficient (Wildman–Crippen LogP) is 0.533. The Morgan fingerprint density at radius 3 is 2.29 bits per heavy atom. The first-order valence-corrected chi connectivity index (χ1v) is 6.10. The molecule has 0 amide bonds. The summed E-state index contributed by atoms with van der Waals surface area (Å²) < 4.78 is 40.2. The first-order valence-electron chi connectivity index (χ1n) is 5.72. The minimum absolute atomic E-state index is 0. The number of pyridine rings is 1. The fraction of sp³-hybridized carbons (Fsp3) is 0.143. The molecule has 0 saturated heterocycles. The lowest BCUT2D eigenvalue weighted by molar-refractivity contribution is -0.683. The third-order valence-corrected chi connectivity index (χ3v) is 3.02. The molecular formula is C14H10ClF3INO. The first kappa shape index (κ1) is 17.9. The third-order valence-electron chi connectivity index (χ3n) is 2.70. The number of hydrogen-bond acceptors (Lipinski definition) is 1. The Balaban J connectivity index is 0.00000220. The second-order valence-electron chi connectivity index (χ2n) is 4.13. The number of benzene rings is 1. The molecule has 0 unspecified atom stereocenters. The summed E-state index contributed by atoms with van der Waals surface area (Å²) in [5.74, 6) is -0.681. The molecule has 0 radical (unpaired) electrons. The van der Waals surface area contributed by atoms with Crippen LogP contribution in [-0.4, -0.2) is 5.78 Å². The lowest BCUT2D eigenvalue weighted by atomic mass is 10.0. The first-order chi connectivity index (χ1) is 9.39. The Hall–Kier alpha value is -1.15. The molecule has 1 aromatic carbocycles. The van der Waals surface area contributed by atoms with Gasteiger partial charge in [0.1, 0.15) is 0 Å². The Kier molecular flexibility index (Phi) is 6.15. The Bertz CT molecular complexity index is 632. The molecule has 0 aliphatic rings. The van der Waals surface area contributed by atoms with Crippen molar-refractivity contribution in [2.24, 2.45) is 0 Å². The highest BCUT2D eigenvalue weighted by Crippen LogP contribution is 2.35. The van der Waals surface area contributed by atoms with E-state index in [9.17, 15) is 18.0 Å². The molecule has 1 heterocycles. The van der Waals surface area contributed by atoms with Gasteiger partial charge in [0.15, 0.2) is 12.4 Å². The fourth-order valence-electron chi connectivity index (χ4n) is 1.83. The van der Waals surface area contributed by atoms with Gasteiger partial charge >= 0.3 is 6.18 Å². The highest BCUT2D eigenvalue weighted by Gasteiger charge is 2.36. The van der Waals surface area contributed by atoms with Gasteiger partial charge in [-0.15, -0.1) is 0 Å². The number of hydrogen-bond donors (Lipinski definition) is 0. The molecule has 2 aromatic rings. The van der Waals surface area contributed by atoms with E-state index >= 15 is 0 Å². The molecule has 0 spiro atoms. The summed E-state index contributed by atoms with van der Waals surface area (Å²) in [6, 6.07) is 8.43. The monoisotopic (exact) mass is 427 g/mol. The van der Waals surface area contributed by atoms with Gasteiger partial charge in [-0.05, 0) is 12.1 Å². The number of carbonyl (C=O) groups excluding carboxylic acids is 1. The summed E-state index contributed by atoms with van der Waals surface area (Å²) in [5, 5.41) is -0.193. The molecule has 7 heteroatoms. The van der Waals surface area contributed by atoms with Crippen LogP contribution in [0.2, 0.25) is 5.02 Å². The lowest BCUT2D eigenvalue weighted by Gasteiger charge is -2.12. The molecule has 112 valence electrons. The van der Waals surface area contributed by atoms with Gasteiger partial charge in [-0.3, -0.25) is 4.79 Å². The summed E-state index contributed by atoms with van der Waals surface area (Å²) in [7, 11) is 0. The fourth-order valence-corrected chi connectivity index (χ4v) is 2.11. The van der Waals surface area contributed by atoms with E-state index in [1.54, 1.807) is 30.6 Å². The topological polar surface area (TPSA) is 20.9 Å². The average Bonchev–Trinajstić information content (AvgIpc) is 2.38. The van der Waals surface area contributed by atoms with Gasteiger partial charge in [0.25, 0.3) is 0 Å². The van der Waals surface area contributed by atoms with Crippen molar-refractivity contribution in [3.8, 4) is 0 Å². The quantitative estimate of drug-likeness (QED) is 0.398. The smallest absolute Gasteiger partial charge is 0.417 e. The molecule has 1 aromatic heterocycles. The number of aromatic nitrogens is 1. The van der Waals surface area contributed by atoms with E-state index in [2.05, 4.69) is 0 Å². The average molecular weight is 428 g/mol. The second-order valence-corrected chi connectivity index (χ2v) is 4.54. The van der Waals surface area contributed by atoms with Gasteiger partial charge in [0, 0.05) is 12.1 Å². The van der Waals surface area contributed by atoms with Gasteiger partial charge < -0.3 is 24.0 Å².